The van der Waals surface area contributed by atoms with Crippen LogP contribution >= 0.6 is 0 Å². The van der Waals surface area contributed by atoms with Gasteiger partial charge in [0.15, 0.2) is 0 Å². The third-order valence-corrected chi connectivity index (χ3v) is 3.98. The first kappa shape index (κ1) is 12.6. The molecule has 1 atom stereocenters. The molecule has 1 nitrogen and oxygen atoms in total. The highest BCUT2D eigenvalue weighted by Gasteiger charge is 2.17. The third kappa shape index (κ3) is 3.32. The Morgan fingerprint density at radius 3 is 2.47 bits per heavy atom. The summed E-state index contributed by atoms with van der Waals surface area (Å²) in [6.07, 6.45) is 6.94. The number of aryl methyl sites for hydroxylation is 2. The van der Waals surface area contributed by atoms with E-state index in [1.165, 1.54) is 48.8 Å². The summed E-state index contributed by atoms with van der Waals surface area (Å²) in [4.78, 5) is 0. The normalized spacial score (nSPS) is 19.2. The van der Waals surface area contributed by atoms with Gasteiger partial charge in [0, 0.05) is 12.1 Å². The predicted octanol–water partition coefficient (Wildman–Crippen LogP) is 4.29. The molecular weight excluding hydrogens is 206 g/mol. The van der Waals surface area contributed by atoms with E-state index in [4.69, 9.17) is 0 Å². The van der Waals surface area contributed by atoms with Crippen LogP contribution in [0.1, 0.15) is 61.8 Å². The van der Waals surface area contributed by atoms with E-state index in [9.17, 15) is 0 Å². The van der Waals surface area contributed by atoms with Crippen LogP contribution < -0.4 is 5.32 Å². The molecule has 1 aromatic carbocycles. The second-order valence-corrected chi connectivity index (χ2v) is 5.58. The van der Waals surface area contributed by atoms with Gasteiger partial charge in [-0.2, -0.15) is 0 Å². The number of benzene rings is 1. The molecule has 2 rings (SSSR count). The lowest BCUT2D eigenvalue weighted by Gasteiger charge is -2.27. The molecule has 1 heteroatoms. The fraction of sp³-hybridized carbons (Fsp3) is 0.625. The van der Waals surface area contributed by atoms with Gasteiger partial charge in [-0.15, -0.1) is 0 Å². The van der Waals surface area contributed by atoms with E-state index in [1.54, 1.807) is 0 Å². The van der Waals surface area contributed by atoms with Crippen LogP contribution in [0.4, 0.5) is 0 Å². The number of hydrogen-bond acceptors (Lipinski definition) is 1. The summed E-state index contributed by atoms with van der Waals surface area (Å²) in [5.41, 5.74) is 4.23. The Hall–Kier alpha value is -0.820. The molecule has 1 N–H and O–H groups in total. The van der Waals surface area contributed by atoms with Gasteiger partial charge in [0.1, 0.15) is 0 Å². The average molecular weight is 231 g/mol. The zero-order chi connectivity index (χ0) is 12.3. The van der Waals surface area contributed by atoms with Gasteiger partial charge >= 0.3 is 0 Å². The molecule has 0 aromatic heterocycles. The van der Waals surface area contributed by atoms with Crippen LogP contribution in [-0.4, -0.2) is 6.04 Å². The molecule has 0 saturated heterocycles. The Balaban J connectivity index is 2.00. The quantitative estimate of drug-likeness (QED) is 0.818. The van der Waals surface area contributed by atoms with Crippen LogP contribution in [0.2, 0.25) is 0 Å². The van der Waals surface area contributed by atoms with Crippen molar-refractivity contribution in [3.05, 3.63) is 34.9 Å². The molecular formula is C16H25N. The van der Waals surface area contributed by atoms with Crippen molar-refractivity contribution in [3.8, 4) is 0 Å². The standard InChI is InChI=1S/C16H25N/c1-12-9-10-16(13(2)11-12)14(3)17-15-7-5-4-6-8-15/h9-11,14-15,17H,4-8H2,1-3H3. The molecule has 0 spiro atoms. The third-order valence-electron chi connectivity index (χ3n) is 3.98. The molecule has 17 heavy (non-hydrogen) atoms. The summed E-state index contributed by atoms with van der Waals surface area (Å²) in [5.74, 6) is 0. The van der Waals surface area contributed by atoms with Gasteiger partial charge < -0.3 is 5.32 Å². The molecule has 0 bridgehead atoms. The topological polar surface area (TPSA) is 12.0 Å². The first-order chi connectivity index (χ1) is 8.16. The van der Waals surface area contributed by atoms with Crippen molar-refractivity contribution in [2.75, 3.05) is 0 Å². The van der Waals surface area contributed by atoms with E-state index in [2.05, 4.69) is 44.3 Å². The van der Waals surface area contributed by atoms with E-state index < -0.39 is 0 Å². The van der Waals surface area contributed by atoms with Gasteiger partial charge in [-0.3, -0.25) is 0 Å². The molecule has 1 fully saturated rings. The zero-order valence-corrected chi connectivity index (χ0v) is 11.4. The minimum atomic E-state index is 0.485. The zero-order valence-electron chi connectivity index (χ0n) is 11.4. The molecule has 1 aliphatic rings. The van der Waals surface area contributed by atoms with Crippen molar-refractivity contribution in [1.29, 1.82) is 0 Å². The smallest absolute Gasteiger partial charge is 0.0296 e. The van der Waals surface area contributed by atoms with Crippen molar-refractivity contribution < 1.29 is 0 Å². The first-order valence-corrected chi connectivity index (χ1v) is 7.00. The van der Waals surface area contributed by atoms with E-state index in [-0.39, 0.29) is 0 Å². The van der Waals surface area contributed by atoms with E-state index in [1.807, 2.05) is 0 Å². The Kier molecular flexibility index (Phi) is 4.22. The summed E-state index contributed by atoms with van der Waals surface area (Å²) in [6.45, 7) is 6.68. The maximum absolute atomic E-state index is 3.80. The van der Waals surface area contributed by atoms with Crippen molar-refractivity contribution in [1.82, 2.24) is 5.32 Å². The molecule has 0 radical (unpaired) electrons. The highest BCUT2D eigenvalue weighted by Crippen LogP contribution is 2.23. The SMILES string of the molecule is Cc1ccc(C(C)NC2CCCCC2)c(C)c1. The summed E-state index contributed by atoms with van der Waals surface area (Å²) in [5, 5.41) is 3.80. The van der Waals surface area contributed by atoms with E-state index in [0.717, 1.165) is 6.04 Å². The average Bonchev–Trinajstić information content (AvgIpc) is 2.30. The Bertz CT molecular complexity index is 364. The minimum Gasteiger partial charge on any atom is -0.307 e. The Labute approximate surface area is 106 Å². The van der Waals surface area contributed by atoms with Gasteiger partial charge in [-0.05, 0) is 44.7 Å². The number of rotatable bonds is 3. The molecule has 1 aromatic rings. The highest BCUT2D eigenvalue weighted by atomic mass is 14.9. The summed E-state index contributed by atoms with van der Waals surface area (Å²) < 4.78 is 0. The fourth-order valence-corrected chi connectivity index (χ4v) is 3.02. The second kappa shape index (κ2) is 5.68. The van der Waals surface area contributed by atoms with Crippen LogP contribution in [0.3, 0.4) is 0 Å². The van der Waals surface area contributed by atoms with Gasteiger partial charge in [0.2, 0.25) is 0 Å². The van der Waals surface area contributed by atoms with Gasteiger partial charge in [0.05, 0.1) is 0 Å². The lowest BCUT2D eigenvalue weighted by Crippen LogP contribution is -2.33. The number of hydrogen-bond donors (Lipinski definition) is 1. The van der Waals surface area contributed by atoms with Crippen LogP contribution in [0.25, 0.3) is 0 Å². The molecule has 1 saturated carbocycles. The molecule has 94 valence electrons. The van der Waals surface area contributed by atoms with Crippen LogP contribution in [-0.2, 0) is 0 Å². The molecule has 0 heterocycles. The van der Waals surface area contributed by atoms with E-state index in [0.29, 0.717) is 6.04 Å². The fourth-order valence-electron chi connectivity index (χ4n) is 3.02. The van der Waals surface area contributed by atoms with Crippen molar-refractivity contribution in [2.45, 2.75) is 65.0 Å². The van der Waals surface area contributed by atoms with Crippen LogP contribution in [0.15, 0.2) is 18.2 Å². The van der Waals surface area contributed by atoms with E-state index >= 15 is 0 Å². The van der Waals surface area contributed by atoms with Gasteiger partial charge in [-0.1, -0.05) is 43.0 Å². The Morgan fingerprint density at radius 1 is 1.12 bits per heavy atom. The van der Waals surface area contributed by atoms with Crippen LogP contribution in [0.5, 0.6) is 0 Å². The van der Waals surface area contributed by atoms with Crippen molar-refractivity contribution >= 4 is 0 Å². The summed E-state index contributed by atoms with van der Waals surface area (Å²) in [6, 6.07) is 8.01. The summed E-state index contributed by atoms with van der Waals surface area (Å²) >= 11 is 0. The lowest BCUT2D eigenvalue weighted by molar-refractivity contribution is 0.346. The van der Waals surface area contributed by atoms with Crippen molar-refractivity contribution in [3.63, 3.8) is 0 Å². The minimum absolute atomic E-state index is 0.485. The predicted molar refractivity (Wildman–Crippen MR) is 74.3 cm³/mol. The maximum Gasteiger partial charge on any atom is 0.0296 e. The van der Waals surface area contributed by atoms with Crippen LogP contribution in [0, 0.1) is 13.8 Å². The maximum atomic E-state index is 3.80. The largest absolute Gasteiger partial charge is 0.307 e. The van der Waals surface area contributed by atoms with Crippen molar-refractivity contribution in [2.24, 2.45) is 0 Å². The lowest BCUT2D eigenvalue weighted by atomic mass is 9.93. The molecule has 1 aliphatic carbocycles. The monoisotopic (exact) mass is 231 g/mol. The second-order valence-electron chi connectivity index (χ2n) is 5.58. The molecule has 0 aliphatic heterocycles. The highest BCUT2D eigenvalue weighted by molar-refractivity contribution is 5.32. The number of nitrogens with one attached hydrogen (secondary N) is 1. The molecule has 0 amide bonds. The summed E-state index contributed by atoms with van der Waals surface area (Å²) in [7, 11) is 0. The Morgan fingerprint density at radius 2 is 1.82 bits per heavy atom. The van der Waals surface area contributed by atoms with Gasteiger partial charge in [-0.25, -0.2) is 0 Å². The first-order valence-electron chi connectivity index (χ1n) is 7.00. The van der Waals surface area contributed by atoms with Gasteiger partial charge in [0.25, 0.3) is 0 Å². The molecule has 1 unspecified atom stereocenters.